The van der Waals surface area contributed by atoms with E-state index in [1.54, 1.807) is 31.6 Å². The Bertz CT molecular complexity index is 1090. The minimum Gasteiger partial charge on any atom is -0.364 e. The molecule has 5 heterocycles. The number of morpholine rings is 1. The van der Waals surface area contributed by atoms with Crippen molar-refractivity contribution in [3.63, 3.8) is 0 Å². The van der Waals surface area contributed by atoms with E-state index >= 15 is 0 Å². The van der Waals surface area contributed by atoms with Crippen molar-refractivity contribution in [1.29, 1.82) is 0 Å². The summed E-state index contributed by atoms with van der Waals surface area (Å²) < 4.78 is 7.97. The van der Waals surface area contributed by atoms with Crippen molar-refractivity contribution in [2.75, 3.05) is 33.2 Å². The summed E-state index contributed by atoms with van der Waals surface area (Å²) in [6, 6.07) is 5.30. The van der Waals surface area contributed by atoms with Gasteiger partial charge in [-0.2, -0.15) is 10.2 Å². The average molecular weight is 436 g/mol. The number of fused-ring (bicyclic) bond motifs is 7. The van der Waals surface area contributed by atoms with Crippen molar-refractivity contribution >= 4 is 17.5 Å². The molecule has 7 bridgehead atoms. The Balaban J connectivity index is 1.49. The predicted molar refractivity (Wildman–Crippen MR) is 115 cm³/mol. The Hall–Kier alpha value is -3.57. The minimum atomic E-state index is -0.433. The van der Waals surface area contributed by atoms with Crippen molar-refractivity contribution in [3.05, 3.63) is 48.7 Å². The highest BCUT2D eigenvalue weighted by Gasteiger charge is 2.37. The summed E-state index contributed by atoms with van der Waals surface area (Å²) in [5, 5.41) is 15.9. The van der Waals surface area contributed by atoms with Gasteiger partial charge in [0, 0.05) is 57.4 Å². The molecular formula is C21H24N8O3. The van der Waals surface area contributed by atoms with Gasteiger partial charge in [0.15, 0.2) is 5.71 Å². The quantitative estimate of drug-likeness (QED) is 0.580. The summed E-state index contributed by atoms with van der Waals surface area (Å²) in [6.07, 6.45) is 6.17. The lowest BCUT2D eigenvalue weighted by atomic mass is 10.1. The van der Waals surface area contributed by atoms with Crippen LogP contribution in [0.2, 0.25) is 0 Å². The minimum absolute atomic E-state index is 0.101. The first-order valence-electron chi connectivity index (χ1n) is 10.5. The van der Waals surface area contributed by atoms with Crippen LogP contribution in [0.25, 0.3) is 11.3 Å². The molecule has 3 aliphatic rings. The summed E-state index contributed by atoms with van der Waals surface area (Å²) in [5.74, 6) is -0.588. The molecule has 2 aromatic heterocycles. The molecule has 11 heteroatoms. The number of hydrogen-bond donors (Lipinski definition) is 2. The number of hydrogen-bond acceptors (Lipinski definition) is 8. The zero-order valence-corrected chi connectivity index (χ0v) is 17.6. The largest absolute Gasteiger partial charge is 0.364 e. The van der Waals surface area contributed by atoms with Crippen molar-refractivity contribution in [2.24, 2.45) is 5.10 Å². The Morgan fingerprint density at radius 1 is 1.12 bits per heavy atom. The number of pyridine rings is 1. The van der Waals surface area contributed by atoms with Gasteiger partial charge in [-0.15, -0.1) is 0 Å². The van der Waals surface area contributed by atoms with Crippen LogP contribution in [0, 0.1) is 0 Å². The number of hydrazone groups is 1. The lowest BCUT2D eigenvalue weighted by Gasteiger charge is -2.36. The molecule has 3 atom stereocenters. The second-order valence-electron chi connectivity index (χ2n) is 7.96. The maximum Gasteiger partial charge on any atom is 0.273 e. The first kappa shape index (κ1) is 20.3. The van der Waals surface area contributed by atoms with Crippen LogP contribution < -0.4 is 10.6 Å². The Kier molecular flexibility index (Phi) is 5.41. The zero-order valence-electron chi connectivity index (χ0n) is 17.6. The van der Waals surface area contributed by atoms with Crippen molar-refractivity contribution < 1.29 is 14.3 Å². The van der Waals surface area contributed by atoms with Crippen LogP contribution in [-0.4, -0.2) is 87.6 Å². The molecule has 2 N–H and O–H groups in total. The molecule has 0 radical (unpaired) electrons. The molecule has 3 aliphatic heterocycles. The maximum absolute atomic E-state index is 12.6. The number of amides is 2. The van der Waals surface area contributed by atoms with Crippen LogP contribution in [0.4, 0.5) is 0 Å². The number of carbonyl (C=O) groups excluding carboxylic acids is 2. The van der Waals surface area contributed by atoms with Gasteiger partial charge in [0.2, 0.25) is 0 Å². The van der Waals surface area contributed by atoms with E-state index in [1.165, 1.54) is 11.2 Å². The normalized spacial score (nSPS) is 28.5. The highest BCUT2D eigenvalue weighted by molar-refractivity contribution is 6.40. The summed E-state index contributed by atoms with van der Waals surface area (Å²) in [5.41, 5.74) is 2.13. The van der Waals surface area contributed by atoms with Gasteiger partial charge in [0.05, 0.1) is 24.5 Å². The molecule has 166 valence electrons. The Morgan fingerprint density at radius 2 is 2.00 bits per heavy atom. The average Bonchev–Trinajstić information content (AvgIpc) is 3.24. The molecule has 11 nitrogen and oxygen atoms in total. The molecule has 0 aromatic carbocycles. The maximum atomic E-state index is 12.6. The van der Waals surface area contributed by atoms with E-state index in [0.29, 0.717) is 36.7 Å². The van der Waals surface area contributed by atoms with E-state index < -0.39 is 6.10 Å². The highest BCUT2D eigenvalue weighted by Crippen LogP contribution is 2.18. The number of aromatic nitrogens is 3. The lowest BCUT2D eigenvalue weighted by molar-refractivity contribution is -0.114. The Labute approximate surface area is 184 Å². The van der Waals surface area contributed by atoms with Gasteiger partial charge in [-0.3, -0.25) is 24.2 Å². The second kappa shape index (κ2) is 8.52. The van der Waals surface area contributed by atoms with E-state index in [1.807, 2.05) is 16.9 Å². The summed E-state index contributed by atoms with van der Waals surface area (Å²) in [4.78, 5) is 31.9. The molecule has 32 heavy (non-hydrogen) atoms. The number of ether oxygens (including phenoxy) is 1. The molecule has 3 unspecified atom stereocenters. The van der Waals surface area contributed by atoms with Gasteiger partial charge in [0.25, 0.3) is 11.8 Å². The summed E-state index contributed by atoms with van der Waals surface area (Å²) in [7, 11) is 1.69. The molecule has 0 aliphatic carbocycles. The molecule has 5 rings (SSSR count). The standard InChI is InChI=1S/C21H24N8O3/c1-27-6-5-22-20(30)17-4-2-3-16(25-17)14-9-24-29(11-14)8-7-28-12-15-10-23-21(31)19(26-27)18(13-28)32-15/h2-6,9,11,15,18H,7-8,10,12-13H2,1H3,(H,22,30)(H,23,31)/b6-5-,26-19+. The van der Waals surface area contributed by atoms with Crippen molar-refractivity contribution in [2.45, 2.75) is 18.8 Å². The smallest absolute Gasteiger partial charge is 0.273 e. The van der Waals surface area contributed by atoms with Crippen LogP contribution in [0.3, 0.4) is 0 Å². The molecule has 2 amide bonds. The van der Waals surface area contributed by atoms with Gasteiger partial charge in [-0.1, -0.05) is 6.07 Å². The Morgan fingerprint density at radius 3 is 2.91 bits per heavy atom. The summed E-state index contributed by atoms with van der Waals surface area (Å²) >= 11 is 0. The fourth-order valence-electron chi connectivity index (χ4n) is 4.00. The molecule has 0 saturated carbocycles. The van der Waals surface area contributed by atoms with Crippen molar-refractivity contribution in [3.8, 4) is 11.3 Å². The molecule has 2 fully saturated rings. The molecule has 2 saturated heterocycles. The third-order valence-corrected chi connectivity index (χ3v) is 5.60. The fraction of sp³-hybridized carbons (Fsp3) is 0.381. The van der Waals surface area contributed by atoms with E-state index in [-0.39, 0.29) is 17.9 Å². The second-order valence-corrected chi connectivity index (χ2v) is 7.96. The molecular weight excluding hydrogens is 412 g/mol. The summed E-state index contributed by atoms with van der Waals surface area (Å²) in [6.45, 7) is 3.16. The van der Waals surface area contributed by atoms with Gasteiger partial charge >= 0.3 is 0 Å². The number of carbonyl (C=O) groups is 2. The SMILES string of the molecule is CN1/C=C\NC(=O)c2cccc(n2)-c2cnn(c2)CCN2CC3CNC(=O)/C(=N/1)C(C2)O3. The van der Waals surface area contributed by atoms with E-state index in [0.717, 1.165) is 18.7 Å². The monoisotopic (exact) mass is 436 g/mol. The van der Waals surface area contributed by atoms with E-state index in [2.05, 4.69) is 30.7 Å². The van der Waals surface area contributed by atoms with Gasteiger partial charge in [-0.25, -0.2) is 4.98 Å². The zero-order chi connectivity index (χ0) is 22.1. The van der Waals surface area contributed by atoms with Crippen LogP contribution >= 0.6 is 0 Å². The molecule has 0 spiro atoms. The fourth-order valence-corrected chi connectivity index (χ4v) is 4.00. The van der Waals surface area contributed by atoms with Gasteiger partial charge in [-0.05, 0) is 12.1 Å². The van der Waals surface area contributed by atoms with E-state index in [4.69, 9.17) is 4.74 Å². The number of nitrogens with zero attached hydrogens (tertiary/aromatic N) is 6. The molecule has 2 aromatic rings. The first-order chi connectivity index (χ1) is 15.5. The van der Waals surface area contributed by atoms with Crippen LogP contribution in [-0.2, 0) is 16.1 Å². The predicted octanol–water partition coefficient (Wildman–Crippen LogP) is -0.353. The number of nitrogens with one attached hydrogen (secondary N) is 2. The third kappa shape index (κ3) is 4.25. The van der Waals surface area contributed by atoms with Gasteiger partial charge < -0.3 is 15.4 Å². The lowest BCUT2D eigenvalue weighted by Crippen LogP contribution is -2.51. The topological polar surface area (TPSA) is 117 Å². The van der Waals surface area contributed by atoms with Crippen LogP contribution in [0.1, 0.15) is 10.5 Å². The highest BCUT2D eigenvalue weighted by atomic mass is 16.5. The van der Waals surface area contributed by atoms with Crippen LogP contribution in [0.15, 0.2) is 48.1 Å². The third-order valence-electron chi connectivity index (χ3n) is 5.60. The van der Waals surface area contributed by atoms with Crippen LogP contribution in [0.5, 0.6) is 0 Å². The van der Waals surface area contributed by atoms with Crippen molar-refractivity contribution in [1.82, 2.24) is 35.3 Å². The first-order valence-corrected chi connectivity index (χ1v) is 10.5. The number of rotatable bonds is 0. The van der Waals surface area contributed by atoms with Gasteiger partial charge in [0.1, 0.15) is 11.8 Å². The van der Waals surface area contributed by atoms with E-state index in [9.17, 15) is 9.59 Å².